The molecule has 0 bridgehead atoms. The average molecular weight is 444 g/mol. The summed E-state index contributed by atoms with van der Waals surface area (Å²) >= 11 is 1.20. The van der Waals surface area contributed by atoms with Crippen LogP contribution in [0.5, 0.6) is 5.75 Å². The molecule has 2 aromatic carbocycles. The van der Waals surface area contributed by atoms with Gasteiger partial charge >= 0.3 is 0 Å². The van der Waals surface area contributed by atoms with Gasteiger partial charge in [0, 0.05) is 16.6 Å². The number of fused-ring (bicyclic) bond motifs is 1. The lowest BCUT2D eigenvalue weighted by atomic mass is 10.1. The average Bonchev–Trinajstić information content (AvgIpc) is 3.13. The van der Waals surface area contributed by atoms with E-state index in [-0.39, 0.29) is 11.7 Å². The summed E-state index contributed by atoms with van der Waals surface area (Å²) in [6, 6.07) is 18.3. The van der Waals surface area contributed by atoms with Gasteiger partial charge in [-0.2, -0.15) is 0 Å². The SMILES string of the molecule is COc1ccc(NC(=O)c2sc3nc(C)c(C(=O)/C=C/c4ccccc4)cc3c2N)cc1. The van der Waals surface area contributed by atoms with Gasteiger partial charge in [0.1, 0.15) is 15.5 Å². The predicted molar refractivity (Wildman–Crippen MR) is 130 cm³/mol. The van der Waals surface area contributed by atoms with Crippen LogP contribution in [0.3, 0.4) is 0 Å². The van der Waals surface area contributed by atoms with Gasteiger partial charge in [0.15, 0.2) is 5.78 Å². The van der Waals surface area contributed by atoms with Crippen LogP contribution >= 0.6 is 11.3 Å². The smallest absolute Gasteiger partial charge is 0.267 e. The Hall–Kier alpha value is -3.97. The molecule has 2 heterocycles. The molecule has 0 aliphatic heterocycles. The first-order valence-corrected chi connectivity index (χ1v) is 10.7. The molecule has 0 saturated carbocycles. The van der Waals surface area contributed by atoms with Crippen LogP contribution in [0.25, 0.3) is 16.3 Å². The number of hydrogen-bond acceptors (Lipinski definition) is 6. The first-order valence-electron chi connectivity index (χ1n) is 9.88. The van der Waals surface area contributed by atoms with Crippen molar-refractivity contribution in [1.82, 2.24) is 4.98 Å². The van der Waals surface area contributed by atoms with Crippen molar-refractivity contribution in [3.05, 3.63) is 88.4 Å². The lowest BCUT2D eigenvalue weighted by molar-refractivity contribution is 0.102. The number of ether oxygens (including phenoxy) is 1. The molecular formula is C25H21N3O3S. The Morgan fingerprint density at radius 2 is 1.81 bits per heavy atom. The van der Waals surface area contributed by atoms with Crippen LogP contribution in [-0.4, -0.2) is 23.8 Å². The molecule has 0 saturated heterocycles. The minimum Gasteiger partial charge on any atom is -0.497 e. The van der Waals surface area contributed by atoms with Crippen molar-refractivity contribution >= 4 is 50.7 Å². The van der Waals surface area contributed by atoms with E-state index in [1.165, 1.54) is 17.4 Å². The van der Waals surface area contributed by atoms with Crippen LogP contribution in [0.4, 0.5) is 11.4 Å². The number of ketones is 1. The Labute approximate surface area is 189 Å². The van der Waals surface area contributed by atoms with Crippen molar-refractivity contribution in [2.45, 2.75) is 6.92 Å². The van der Waals surface area contributed by atoms with Gasteiger partial charge in [0.05, 0.1) is 18.5 Å². The molecule has 160 valence electrons. The summed E-state index contributed by atoms with van der Waals surface area (Å²) in [6.07, 6.45) is 3.28. The highest BCUT2D eigenvalue weighted by atomic mass is 32.1. The molecule has 6 nitrogen and oxygen atoms in total. The second-order valence-electron chi connectivity index (χ2n) is 7.11. The monoisotopic (exact) mass is 443 g/mol. The first-order chi connectivity index (χ1) is 15.5. The molecule has 4 aromatic rings. The zero-order chi connectivity index (χ0) is 22.7. The topological polar surface area (TPSA) is 94.3 Å². The lowest BCUT2D eigenvalue weighted by Crippen LogP contribution is -2.11. The van der Waals surface area contributed by atoms with Gasteiger partial charge in [-0.15, -0.1) is 11.3 Å². The second-order valence-corrected chi connectivity index (χ2v) is 8.11. The van der Waals surface area contributed by atoms with Gasteiger partial charge in [-0.25, -0.2) is 4.98 Å². The Balaban J connectivity index is 1.61. The number of pyridine rings is 1. The summed E-state index contributed by atoms with van der Waals surface area (Å²) in [5, 5.41) is 3.43. The van der Waals surface area contributed by atoms with Gasteiger partial charge in [-0.3, -0.25) is 9.59 Å². The summed E-state index contributed by atoms with van der Waals surface area (Å²) in [7, 11) is 1.58. The first kappa shape index (κ1) is 21.3. The molecule has 32 heavy (non-hydrogen) atoms. The van der Waals surface area contributed by atoms with E-state index in [9.17, 15) is 9.59 Å². The number of hydrogen-bond donors (Lipinski definition) is 2. The van der Waals surface area contributed by atoms with E-state index in [1.54, 1.807) is 50.4 Å². The molecular weight excluding hydrogens is 422 g/mol. The van der Waals surface area contributed by atoms with Crippen molar-refractivity contribution in [2.75, 3.05) is 18.2 Å². The highest BCUT2D eigenvalue weighted by Gasteiger charge is 2.20. The Bertz CT molecular complexity index is 1330. The number of aryl methyl sites for hydroxylation is 1. The zero-order valence-corrected chi connectivity index (χ0v) is 18.4. The molecule has 7 heteroatoms. The summed E-state index contributed by atoms with van der Waals surface area (Å²) in [5.41, 5.74) is 9.19. The number of rotatable bonds is 6. The minimum atomic E-state index is -0.329. The van der Waals surface area contributed by atoms with Crippen LogP contribution in [0.15, 0.2) is 66.7 Å². The van der Waals surface area contributed by atoms with Gasteiger partial charge < -0.3 is 15.8 Å². The second kappa shape index (κ2) is 9.03. The molecule has 2 aromatic heterocycles. The van der Waals surface area contributed by atoms with Crippen molar-refractivity contribution in [3.8, 4) is 5.75 Å². The Morgan fingerprint density at radius 3 is 2.50 bits per heavy atom. The van der Waals surface area contributed by atoms with E-state index in [4.69, 9.17) is 10.5 Å². The molecule has 0 atom stereocenters. The molecule has 0 radical (unpaired) electrons. The number of aromatic nitrogens is 1. The molecule has 0 spiro atoms. The van der Waals surface area contributed by atoms with Crippen LogP contribution in [0.1, 0.15) is 31.3 Å². The number of methoxy groups -OCH3 is 1. The number of nitrogen functional groups attached to an aromatic ring is 1. The highest BCUT2D eigenvalue weighted by molar-refractivity contribution is 7.21. The maximum absolute atomic E-state index is 12.8. The number of benzene rings is 2. The molecule has 0 unspecified atom stereocenters. The third-order valence-electron chi connectivity index (χ3n) is 4.96. The fourth-order valence-electron chi connectivity index (χ4n) is 3.23. The number of allylic oxidation sites excluding steroid dienone is 1. The van der Waals surface area contributed by atoms with Gasteiger partial charge in [0.25, 0.3) is 5.91 Å². The van der Waals surface area contributed by atoms with Crippen LogP contribution in [0.2, 0.25) is 0 Å². The Morgan fingerprint density at radius 1 is 1.09 bits per heavy atom. The largest absolute Gasteiger partial charge is 0.497 e. The van der Waals surface area contributed by atoms with Crippen molar-refractivity contribution < 1.29 is 14.3 Å². The fourth-order valence-corrected chi connectivity index (χ4v) is 4.25. The van der Waals surface area contributed by atoms with Gasteiger partial charge in [-0.05, 0) is 48.9 Å². The maximum atomic E-state index is 12.8. The van der Waals surface area contributed by atoms with E-state index in [0.717, 1.165) is 5.56 Å². The third kappa shape index (κ3) is 4.38. The van der Waals surface area contributed by atoms with Gasteiger partial charge in [0.2, 0.25) is 0 Å². The zero-order valence-electron chi connectivity index (χ0n) is 17.6. The molecule has 3 N–H and O–H groups in total. The quantitative estimate of drug-likeness (QED) is 0.310. The minimum absolute atomic E-state index is 0.171. The predicted octanol–water partition coefficient (Wildman–Crippen LogP) is 5.34. The van der Waals surface area contributed by atoms with Crippen molar-refractivity contribution in [1.29, 1.82) is 0 Å². The van der Waals surface area contributed by atoms with Crippen LogP contribution in [0, 0.1) is 6.92 Å². The van der Waals surface area contributed by atoms with E-state index < -0.39 is 0 Å². The van der Waals surface area contributed by atoms with Gasteiger partial charge in [-0.1, -0.05) is 36.4 Å². The van der Waals surface area contributed by atoms with E-state index in [2.05, 4.69) is 10.3 Å². The number of carbonyl (C=O) groups excluding carboxylic acids is 2. The standard InChI is InChI=1S/C25H21N3O3S/c1-15-19(21(29)13-8-16-6-4-3-5-7-16)14-20-22(26)23(32-25(20)27-15)24(30)28-17-9-11-18(31-2)12-10-17/h3-14H,26H2,1-2H3,(H,28,30)/b13-8+. The normalized spacial score (nSPS) is 11.1. The number of anilines is 2. The molecule has 0 fully saturated rings. The summed E-state index contributed by atoms with van der Waals surface area (Å²) in [5.74, 6) is 0.198. The van der Waals surface area contributed by atoms with E-state index in [0.29, 0.717) is 43.5 Å². The molecule has 4 rings (SSSR count). The number of nitrogens with one attached hydrogen (secondary N) is 1. The molecule has 1 amide bonds. The maximum Gasteiger partial charge on any atom is 0.267 e. The highest BCUT2D eigenvalue weighted by Crippen LogP contribution is 2.34. The van der Waals surface area contributed by atoms with Crippen molar-refractivity contribution in [3.63, 3.8) is 0 Å². The van der Waals surface area contributed by atoms with Crippen LogP contribution in [-0.2, 0) is 0 Å². The lowest BCUT2D eigenvalue weighted by Gasteiger charge is -2.05. The number of nitrogens with zero attached hydrogens (tertiary/aromatic N) is 1. The summed E-state index contributed by atoms with van der Waals surface area (Å²) in [4.78, 5) is 31.1. The molecule has 0 aliphatic rings. The number of nitrogens with two attached hydrogens (primary N) is 1. The number of amides is 1. The molecule has 0 aliphatic carbocycles. The fraction of sp³-hybridized carbons (Fsp3) is 0.0800. The number of carbonyl (C=O) groups is 2. The van der Waals surface area contributed by atoms with Crippen molar-refractivity contribution in [2.24, 2.45) is 0 Å². The summed E-state index contributed by atoms with van der Waals surface area (Å²) in [6.45, 7) is 1.77. The summed E-state index contributed by atoms with van der Waals surface area (Å²) < 4.78 is 5.13. The third-order valence-corrected chi connectivity index (χ3v) is 6.07. The van der Waals surface area contributed by atoms with Crippen LogP contribution < -0.4 is 15.8 Å². The van der Waals surface area contributed by atoms with E-state index >= 15 is 0 Å². The number of thiophene rings is 1. The van der Waals surface area contributed by atoms with E-state index in [1.807, 2.05) is 30.3 Å². The Kier molecular flexibility index (Phi) is 6.00.